The van der Waals surface area contributed by atoms with E-state index in [0.29, 0.717) is 30.4 Å². The average molecular weight is 398 g/mol. The van der Waals surface area contributed by atoms with Crippen LogP contribution in [0.25, 0.3) is 0 Å². The van der Waals surface area contributed by atoms with Gasteiger partial charge in [0.25, 0.3) is 5.91 Å². The highest BCUT2D eigenvalue weighted by Crippen LogP contribution is 2.20. The molecule has 2 heterocycles. The second-order valence-electron chi connectivity index (χ2n) is 6.83. The molecule has 150 valence electrons. The topological polar surface area (TPSA) is 71.3 Å². The number of carbonyl (C=O) groups is 1. The molecule has 0 bridgehead atoms. The quantitative estimate of drug-likeness (QED) is 0.482. The summed E-state index contributed by atoms with van der Waals surface area (Å²) < 4.78 is 5.34. The standard InChI is InChI=1S/C24H22N4O2/c1-18-26-22(15-23(27-18)25-16-21-13-8-14-30-21)24(29)28(20-11-6-3-7-12-20)17-19-9-4-2-5-10-19/h2-15H,16-17H2,1H3,(H,25,26,27). The average Bonchev–Trinajstić information content (AvgIpc) is 3.30. The molecule has 4 rings (SSSR count). The van der Waals surface area contributed by atoms with Crippen LogP contribution in [0.1, 0.15) is 27.6 Å². The molecule has 1 amide bonds. The van der Waals surface area contributed by atoms with Crippen LogP contribution >= 0.6 is 0 Å². The van der Waals surface area contributed by atoms with Gasteiger partial charge in [0.1, 0.15) is 23.1 Å². The Balaban J connectivity index is 1.62. The largest absolute Gasteiger partial charge is 0.467 e. The van der Waals surface area contributed by atoms with E-state index < -0.39 is 0 Å². The van der Waals surface area contributed by atoms with Gasteiger partial charge in [-0.15, -0.1) is 0 Å². The Labute approximate surface area is 175 Å². The molecular formula is C24H22N4O2. The van der Waals surface area contributed by atoms with Crippen LogP contribution in [0.3, 0.4) is 0 Å². The lowest BCUT2D eigenvalue weighted by atomic mass is 10.1. The molecule has 6 nitrogen and oxygen atoms in total. The fraction of sp³-hybridized carbons (Fsp3) is 0.125. The first kappa shape index (κ1) is 19.4. The molecule has 0 saturated carbocycles. The van der Waals surface area contributed by atoms with E-state index in [9.17, 15) is 4.79 Å². The zero-order valence-electron chi connectivity index (χ0n) is 16.7. The highest BCUT2D eigenvalue weighted by Gasteiger charge is 2.20. The summed E-state index contributed by atoms with van der Waals surface area (Å²) in [7, 11) is 0. The summed E-state index contributed by atoms with van der Waals surface area (Å²) in [6.07, 6.45) is 1.62. The summed E-state index contributed by atoms with van der Waals surface area (Å²) in [5, 5.41) is 3.20. The van der Waals surface area contributed by atoms with Crippen molar-refractivity contribution in [1.82, 2.24) is 9.97 Å². The Kier molecular flexibility index (Phi) is 5.85. The van der Waals surface area contributed by atoms with E-state index in [-0.39, 0.29) is 5.91 Å². The van der Waals surface area contributed by atoms with Gasteiger partial charge < -0.3 is 14.6 Å². The van der Waals surface area contributed by atoms with Crippen molar-refractivity contribution in [2.45, 2.75) is 20.0 Å². The number of para-hydroxylation sites is 1. The van der Waals surface area contributed by atoms with E-state index in [1.807, 2.05) is 72.8 Å². The van der Waals surface area contributed by atoms with Gasteiger partial charge in [-0.25, -0.2) is 9.97 Å². The van der Waals surface area contributed by atoms with Gasteiger partial charge in [-0.3, -0.25) is 4.79 Å². The third kappa shape index (κ3) is 4.72. The monoisotopic (exact) mass is 398 g/mol. The summed E-state index contributed by atoms with van der Waals surface area (Å²) >= 11 is 0. The van der Waals surface area contributed by atoms with Crippen molar-refractivity contribution in [2.24, 2.45) is 0 Å². The molecule has 1 N–H and O–H groups in total. The molecule has 0 aliphatic carbocycles. The van der Waals surface area contributed by atoms with Crippen molar-refractivity contribution < 1.29 is 9.21 Å². The first-order chi connectivity index (χ1) is 14.7. The third-order valence-electron chi connectivity index (χ3n) is 4.58. The molecule has 2 aromatic carbocycles. The third-order valence-corrected chi connectivity index (χ3v) is 4.58. The summed E-state index contributed by atoms with van der Waals surface area (Å²) in [5.74, 6) is 1.70. The summed E-state index contributed by atoms with van der Waals surface area (Å²) in [6.45, 7) is 2.70. The van der Waals surface area contributed by atoms with Crippen LogP contribution in [0.15, 0.2) is 89.5 Å². The van der Waals surface area contributed by atoms with Crippen LogP contribution in [0.5, 0.6) is 0 Å². The Morgan fingerprint density at radius 2 is 1.70 bits per heavy atom. The van der Waals surface area contributed by atoms with Gasteiger partial charge in [0.05, 0.1) is 19.4 Å². The number of nitrogens with zero attached hydrogens (tertiary/aromatic N) is 3. The molecule has 0 fully saturated rings. The zero-order chi connectivity index (χ0) is 20.8. The molecule has 0 atom stereocenters. The predicted molar refractivity (Wildman–Crippen MR) is 116 cm³/mol. The summed E-state index contributed by atoms with van der Waals surface area (Å²) in [6, 6.07) is 24.9. The van der Waals surface area contributed by atoms with Gasteiger partial charge in [0.15, 0.2) is 0 Å². The van der Waals surface area contributed by atoms with E-state index in [1.165, 1.54) is 0 Å². The number of rotatable bonds is 7. The van der Waals surface area contributed by atoms with Gasteiger partial charge in [-0.1, -0.05) is 48.5 Å². The highest BCUT2D eigenvalue weighted by molar-refractivity contribution is 6.05. The van der Waals surface area contributed by atoms with E-state index in [0.717, 1.165) is 17.0 Å². The molecule has 0 aliphatic heterocycles. The van der Waals surface area contributed by atoms with Gasteiger partial charge in [-0.05, 0) is 36.8 Å². The van der Waals surface area contributed by atoms with Crippen LogP contribution in [0, 0.1) is 6.92 Å². The van der Waals surface area contributed by atoms with E-state index in [1.54, 1.807) is 24.2 Å². The van der Waals surface area contributed by atoms with Crippen molar-refractivity contribution in [3.8, 4) is 0 Å². The van der Waals surface area contributed by atoms with E-state index in [2.05, 4.69) is 15.3 Å². The molecule has 4 aromatic rings. The number of anilines is 2. The number of aryl methyl sites for hydroxylation is 1. The fourth-order valence-corrected chi connectivity index (χ4v) is 3.15. The van der Waals surface area contributed by atoms with Crippen molar-refractivity contribution in [3.05, 3.63) is 108 Å². The predicted octanol–water partition coefficient (Wildman–Crippen LogP) is 4.84. The second-order valence-corrected chi connectivity index (χ2v) is 6.83. The number of carbonyl (C=O) groups excluding carboxylic acids is 1. The number of benzene rings is 2. The minimum Gasteiger partial charge on any atom is -0.467 e. The minimum absolute atomic E-state index is 0.184. The van der Waals surface area contributed by atoms with Gasteiger partial charge in [0.2, 0.25) is 0 Å². The van der Waals surface area contributed by atoms with Crippen LogP contribution in [0.2, 0.25) is 0 Å². The lowest BCUT2D eigenvalue weighted by Crippen LogP contribution is -2.31. The maximum Gasteiger partial charge on any atom is 0.277 e. The molecule has 0 aliphatic rings. The number of furan rings is 1. The molecule has 6 heteroatoms. The molecule has 0 spiro atoms. The van der Waals surface area contributed by atoms with Gasteiger partial charge in [-0.2, -0.15) is 0 Å². The number of nitrogens with one attached hydrogen (secondary N) is 1. The molecular weight excluding hydrogens is 376 g/mol. The van der Waals surface area contributed by atoms with Gasteiger partial charge in [0, 0.05) is 11.8 Å². The van der Waals surface area contributed by atoms with Crippen molar-refractivity contribution in [3.63, 3.8) is 0 Å². The Bertz CT molecular complexity index is 1100. The Morgan fingerprint density at radius 3 is 2.40 bits per heavy atom. The van der Waals surface area contributed by atoms with Crippen LogP contribution < -0.4 is 10.2 Å². The Hall–Kier alpha value is -3.93. The fourth-order valence-electron chi connectivity index (χ4n) is 3.15. The maximum absolute atomic E-state index is 13.5. The molecule has 0 unspecified atom stereocenters. The summed E-state index contributed by atoms with van der Waals surface area (Å²) in [5.41, 5.74) is 2.19. The second kappa shape index (κ2) is 9.05. The molecule has 0 saturated heterocycles. The molecule has 0 radical (unpaired) electrons. The van der Waals surface area contributed by atoms with Crippen molar-refractivity contribution in [2.75, 3.05) is 10.2 Å². The lowest BCUT2D eigenvalue weighted by molar-refractivity contribution is 0.0980. The lowest BCUT2D eigenvalue weighted by Gasteiger charge is -2.23. The number of aromatic nitrogens is 2. The van der Waals surface area contributed by atoms with Gasteiger partial charge >= 0.3 is 0 Å². The maximum atomic E-state index is 13.5. The smallest absolute Gasteiger partial charge is 0.277 e. The zero-order valence-corrected chi connectivity index (χ0v) is 16.7. The first-order valence-electron chi connectivity index (χ1n) is 9.72. The Morgan fingerprint density at radius 1 is 0.967 bits per heavy atom. The van der Waals surface area contributed by atoms with E-state index in [4.69, 9.17) is 4.42 Å². The number of amides is 1. The van der Waals surface area contributed by atoms with Crippen LogP contribution in [0.4, 0.5) is 11.5 Å². The van der Waals surface area contributed by atoms with E-state index >= 15 is 0 Å². The minimum atomic E-state index is -0.184. The van der Waals surface area contributed by atoms with Crippen molar-refractivity contribution in [1.29, 1.82) is 0 Å². The number of hydrogen-bond acceptors (Lipinski definition) is 5. The van der Waals surface area contributed by atoms with Crippen LogP contribution in [-0.2, 0) is 13.1 Å². The summed E-state index contributed by atoms with van der Waals surface area (Å²) in [4.78, 5) is 24.0. The van der Waals surface area contributed by atoms with Crippen molar-refractivity contribution >= 4 is 17.4 Å². The molecule has 30 heavy (non-hydrogen) atoms. The van der Waals surface area contributed by atoms with Crippen LogP contribution in [-0.4, -0.2) is 15.9 Å². The molecule has 2 aromatic heterocycles. The number of hydrogen-bond donors (Lipinski definition) is 1. The SMILES string of the molecule is Cc1nc(NCc2ccco2)cc(C(=O)N(Cc2ccccc2)c2ccccc2)n1. The normalized spacial score (nSPS) is 10.6. The highest BCUT2D eigenvalue weighted by atomic mass is 16.3. The first-order valence-corrected chi connectivity index (χ1v) is 9.72.